The SMILES string of the molecule is CC(C)C[C@H](NCc1ccc(OCc2ccc(Cl)c(Cl)c2)cc1)C(=O)O. The van der Waals surface area contributed by atoms with E-state index in [-0.39, 0.29) is 0 Å². The zero-order valence-corrected chi connectivity index (χ0v) is 16.3. The lowest BCUT2D eigenvalue weighted by molar-refractivity contribution is -0.140. The maximum absolute atomic E-state index is 11.3. The molecule has 6 heteroatoms. The van der Waals surface area contributed by atoms with E-state index in [9.17, 15) is 9.90 Å². The molecule has 1 atom stereocenters. The average Bonchev–Trinajstić information content (AvgIpc) is 2.60. The van der Waals surface area contributed by atoms with Crippen molar-refractivity contribution in [2.24, 2.45) is 5.92 Å². The summed E-state index contributed by atoms with van der Waals surface area (Å²) >= 11 is 11.9. The van der Waals surface area contributed by atoms with Crippen molar-refractivity contribution in [2.45, 2.75) is 39.5 Å². The fraction of sp³-hybridized carbons (Fsp3) is 0.350. The van der Waals surface area contributed by atoms with Crippen LogP contribution in [0.2, 0.25) is 10.0 Å². The summed E-state index contributed by atoms with van der Waals surface area (Å²) in [6.45, 7) is 4.91. The van der Waals surface area contributed by atoms with Gasteiger partial charge >= 0.3 is 5.97 Å². The van der Waals surface area contributed by atoms with E-state index in [1.165, 1.54) is 0 Å². The summed E-state index contributed by atoms with van der Waals surface area (Å²) in [5.74, 6) is 0.234. The molecule has 2 N–H and O–H groups in total. The van der Waals surface area contributed by atoms with Crippen LogP contribution in [0.3, 0.4) is 0 Å². The normalized spacial score (nSPS) is 12.2. The van der Waals surface area contributed by atoms with Crippen molar-refractivity contribution in [1.29, 1.82) is 0 Å². The van der Waals surface area contributed by atoms with Gasteiger partial charge in [-0.15, -0.1) is 0 Å². The average molecular weight is 396 g/mol. The second-order valence-electron chi connectivity index (χ2n) is 6.58. The van der Waals surface area contributed by atoms with Crippen LogP contribution in [0, 0.1) is 5.92 Å². The van der Waals surface area contributed by atoms with Gasteiger partial charge in [-0.05, 0) is 47.7 Å². The summed E-state index contributed by atoms with van der Waals surface area (Å²) in [5.41, 5.74) is 1.94. The van der Waals surface area contributed by atoms with Crippen molar-refractivity contribution in [3.63, 3.8) is 0 Å². The third-order valence-corrected chi connectivity index (χ3v) is 4.61. The van der Waals surface area contributed by atoms with Crippen LogP contribution in [0.15, 0.2) is 42.5 Å². The lowest BCUT2D eigenvalue weighted by Gasteiger charge is -2.16. The number of hydrogen-bond donors (Lipinski definition) is 2. The highest BCUT2D eigenvalue weighted by atomic mass is 35.5. The molecule has 0 heterocycles. The van der Waals surface area contributed by atoms with Gasteiger partial charge in [0.25, 0.3) is 0 Å². The van der Waals surface area contributed by atoms with Gasteiger partial charge in [0.05, 0.1) is 10.0 Å². The molecule has 0 aliphatic heterocycles. The third kappa shape index (κ3) is 6.52. The zero-order valence-electron chi connectivity index (χ0n) is 14.8. The van der Waals surface area contributed by atoms with Crippen LogP contribution in [0.25, 0.3) is 0 Å². The number of aliphatic carboxylic acids is 1. The van der Waals surface area contributed by atoms with Crippen molar-refractivity contribution in [3.8, 4) is 5.75 Å². The topological polar surface area (TPSA) is 58.6 Å². The van der Waals surface area contributed by atoms with Crippen molar-refractivity contribution in [3.05, 3.63) is 63.6 Å². The highest BCUT2D eigenvalue weighted by molar-refractivity contribution is 6.42. The highest BCUT2D eigenvalue weighted by Gasteiger charge is 2.17. The number of halogens is 2. The maximum Gasteiger partial charge on any atom is 0.320 e. The summed E-state index contributed by atoms with van der Waals surface area (Å²) in [6, 6.07) is 12.4. The van der Waals surface area contributed by atoms with E-state index in [0.717, 1.165) is 16.9 Å². The quantitative estimate of drug-likeness (QED) is 0.615. The second-order valence-corrected chi connectivity index (χ2v) is 7.40. The predicted molar refractivity (Wildman–Crippen MR) is 105 cm³/mol. The molecule has 2 aromatic carbocycles. The van der Waals surface area contributed by atoms with Crippen LogP contribution in [-0.2, 0) is 17.9 Å². The van der Waals surface area contributed by atoms with Gasteiger partial charge in [-0.1, -0.05) is 55.2 Å². The van der Waals surface area contributed by atoms with Crippen molar-refractivity contribution in [2.75, 3.05) is 0 Å². The Morgan fingerprint density at radius 3 is 2.31 bits per heavy atom. The molecule has 26 heavy (non-hydrogen) atoms. The molecule has 0 spiro atoms. The molecule has 0 aliphatic rings. The lowest BCUT2D eigenvalue weighted by Crippen LogP contribution is -2.37. The van der Waals surface area contributed by atoms with Gasteiger partial charge in [0.1, 0.15) is 18.4 Å². The molecule has 0 unspecified atom stereocenters. The molecule has 0 aliphatic carbocycles. The first kappa shape index (κ1) is 20.6. The summed E-state index contributed by atoms with van der Waals surface area (Å²) in [5, 5.41) is 13.4. The third-order valence-electron chi connectivity index (χ3n) is 3.87. The van der Waals surface area contributed by atoms with E-state index < -0.39 is 12.0 Å². The second kappa shape index (κ2) is 9.81. The molecule has 0 saturated heterocycles. The zero-order chi connectivity index (χ0) is 19.1. The van der Waals surface area contributed by atoms with Crippen molar-refractivity contribution < 1.29 is 14.6 Å². The standard InChI is InChI=1S/C20H23Cl2NO3/c1-13(2)9-19(20(24)25)23-11-14-3-6-16(7-4-14)26-12-15-5-8-17(21)18(22)10-15/h3-8,10,13,19,23H,9,11-12H2,1-2H3,(H,24,25)/t19-/m0/s1. The number of carboxylic acids is 1. The minimum absolute atomic E-state index is 0.320. The Hall–Kier alpha value is -1.75. The molecule has 0 bridgehead atoms. The molecule has 0 radical (unpaired) electrons. The van der Waals surface area contributed by atoms with Crippen LogP contribution < -0.4 is 10.1 Å². The van der Waals surface area contributed by atoms with Gasteiger partial charge in [0.2, 0.25) is 0 Å². The highest BCUT2D eigenvalue weighted by Crippen LogP contribution is 2.23. The molecule has 0 fully saturated rings. The Kier molecular flexibility index (Phi) is 7.76. The number of rotatable bonds is 9. The maximum atomic E-state index is 11.3. The van der Waals surface area contributed by atoms with Gasteiger partial charge in [-0.3, -0.25) is 4.79 Å². The van der Waals surface area contributed by atoms with Crippen LogP contribution in [0.5, 0.6) is 5.75 Å². The number of nitrogens with one attached hydrogen (secondary N) is 1. The first-order valence-electron chi connectivity index (χ1n) is 8.47. The van der Waals surface area contributed by atoms with Gasteiger partial charge in [-0.2, -0.15) is 0 Å². The van der Waals surface area contributed by atoms with E-state index >= 15 is 0 Å². The minimum atomic E-state index is -0.819. The molecule has 2 aromatic rings. The molecular weight excluding hydrogens is 373 g/mol. The number of carboxylic acid groups (broad SMARTS) is 1. The molecule has 4 nitrogen and oxygen atoms in total. The summed E-state index contributed by atoms with van der Waals surface area (Å²) < 4.78 is 5.74. The number of carbonyl (C=O) groups is 1. The first-order chi connectivity index (χ1) is 12.3. The van der Waals surface area contributed by atoms with Gasteiger partial charge < -0.3 is 15.2 Å². The van der Waals surface area contributed by atoms with Crippen LogP contribution in [0.4, 0.5) is 0 Å². The number of benzene rings is 2. The smallest absolute Gasteiger partial charge is 0.320 e. The van der Waals surface area contributed by atoms with Crippen molar-refractivity contribution >= 4 is 29.2 Å². The summed E-state index contributed by atoms with van der Waals surface area (Å²) in [6.07, 6.45) is 0.597. The molecule has 0 saturated carbocycles. The number of hydrogen-bond acceptors (Lipinski definition) is 3. The van der Waals surface area contributed by atoms with Gasteiger partial charge in [-0.25, -0.2) is 0 Å². The largest absolute Gasteiger partial charge is 0.489 e. The van der Waals surface area contributed by atoms with Crippen LogP contribution in [0.1, 0.15) is 31.4 Å². The van der Waals surface area contributed by atoms with Crippen LogP contribution in [-0.4, -0.2) is 17.1 Å². The predicted octanol–water partition coefficient (Wildman–Crippen LogP) is 5.16. The Bertz CT molecular complexity index is 732. The summed E-state index contributed by atoms with van der Waals surface area (Å²) in [4.78, 5) is 11.3. The monoisotopic (exact) mass is 395 g/mol. The molecule has 140 valence electrons. The Morgan fingerprint density at radius 2 is 1.73 bits per heavy atom. The lowest BCUT2D eigenvalue weighted by atomic mass is 10.0. The van der Waals surface area contributed by atoms with E-state index in [1.54, 1.807) is 12.1 Å². The Morgan fingerprint density at radius 1 is 1.08 bits per heavy atom. The van der Waals surface area contributed by atoms with Gasteiger partial charge in [0, 0.05) is 6.54 Å². The van der Waals surface area contributed by atoms with Crippen molar-refractivity contribution in [1.82, 2.24) is 5.32 Å². The molecular formula is C20H23Cl2NO3. The van der Waals surface area contributed by atoms with Crippen LogP contribution >= 0.6 is 23.2 Å². The van der Waals surface area contributed by atoms with Gasteiger partial charge in [0.15, 0.2) is 0 Å². The first-order valence-corrected chi connectivity index (χ1v) is 9.22. The Labute approximate surface area is 164 Å². The Balaban J connectivity index is 1.87. The molecule has 2 rings (SSSR count). The van der Waals surface area contributed by atoms with E-state index in [4.69, 9.17) is 27.9 Å². The van der Waals surface area contributed by atoms with E-state index in [1.807, 2.05) is 44.2 Å². The summed E-state index contributed by atoms with van der Waals surface area (Å²) in [7, 11) is 0. The van der Waals surface area contributed by atoms with E-state index in [0.29, 0.717) is 35.5 Å². The molecule has 0 aromatic heterocycles. The number of ether oxygens (including phenoxy) is 1. The molecule has 0 amide bonds. The minimum Gasteiger partial charge on any atom is -0.489 e. The van der Waals surface area contributed by atoms with E-state index in [2.05, 4.69) is 5.32 Å². The fourth-order valence-electron chi connectivity index (χ4n) is 2.48. The fourth-order valence-corrected chi connectivity index (χ4v) is 2.80.